The first-order valence-corrected chi connectivity index (χ1v) is 9.27. The molecule has 0 spiro atoms. The molecule has 0 bridgehead atoms. The van der Waals surface area contributed by atoms with Crippen LogP contribution in [0.25, 0.3) is 0 Å². The summed E-state index contributed by atoms with van der Waals surface area (Å²) in [6.45, 7) is 2.49. The molecule has 0 aromatic heterocycles. The van der Waals surface area contributed by atoms with Gasteiger partial charge in [-0.15, -0.1) is 0 Å². The number of anilines is 1. The summed E-state index contributed by atoms with van der Waals surface area (Å²) in [7, 11) is 0. The van der Waals surface area contributed by atoms with E-state index in [2.05, 4.69) is 24.0 Å². The van der Waals surface area contributed by atoms with E-state index in [9.17, 15) is 9.59 Å². The largest absolute Gasteiger partial charge is 0.480 e. The third-order valence-electron chi connectivity index (χ3n) is 3.50. The molecule has 1 amide bonds. The number of para-hydroxylation sites is 1. The van der Waals surface area contributed by atoms with Crippen molar-refractivity contribution in [2.45, 2.75) is 11.8 Å². The van der Waals surface area contributed by atoms with Gasteiger partial charge in [-0.1, -0.05) is 47.9 Å². The number of carbonyl (C=O) groups excluding carboxylic acids is 1. The summed E-state index contributed by atoms with van der Waals surface area (Å²) in [5, 5.41) is 9.89. The number of carboxylic acids is 1. The van der Waals surface area contributed by atoms with E-state index in [0.717, 1.165) is 33.9 Å². The van der Waals surface area contributed by atoms with E-state index < -0.39 is 12.5 Å². The highest BCUT2D eigenvalue weighted by atomic mass is 32.2. The highest BCUT2D eigenvalue weighted by Crippen LogP contribution is 2.45. The smallest absolute Gasteiger partial charge is 0.323 e. The fourth-order valence-corrected chi connectivity index (χ4v) is 4.76. The molecule has 24 heavy (non-hydrogen) atoms. The Balaban J connectivity index is 1.83. The quantitative estimate of drug-likeness (QED) is 0.637. The molecule has 0 aliphatic carbocycles. The van der Waals surface area contributed by atoms with Gasteiger partial charge in [-0.3, -0.25) is 14.5 Å². The second kappa shape index (κ2) is 7.00. The van der Waals surface area contributed by atoms with E-state index in [1.165, 1.54) is 4.90 Å². The van der Waals surface area contributed by atoms with Gasteiger partial charge in [0.25, 0.3) is 5.91 Å². The van der Waals surface area contributed by atoms with E-state index in [1.54, 1.807) is 17.8 Å². The molecule has 1 aromatic rings. The molecule has 2 aliphatic rings. The van der Waals surface area contributed by atoms with Crippen molar-refractivity contribution in [1.82, 2.24) is 4.90 Å². The fourth-order valence-electron chi connectivity index (χ4n) is 2.44. The molecule has 1 saturated heterocycles. The zero-order chi connectivity index (χ0) is 17.3. The van der Waals surface area contributed by atoms with Crippen molar-refractivity contribution >= 4 is 57.6 Å². The number of nitrogens with zero attached hydrogens (tertiary/aromatic N) is 2. The fraction of sp³-hybridized carbons (Fsp3) is 0.188. The number of amides is 1. The molecule has 5 nitrogen and oxygen atoms in total. The molecule has 0 unspecified atom stereocenters. The van der Waals surface area contributed by atoms with E-state index in [1.807, 2.05) is 18.2 Å². The minimum absolute atomic E-state index is 0.279. The van der Waals surface area contributed by atoms with Crippen molar-refractivity contribution in [2.75, 3.05) is 18.0 Å². The number of fused-ring (bicyclic) bond motifs is 1. The number of rotatable bonds is 4. The Kier molecular flexibility index (Phi) is 4.98. The molecule has 3 rings (SSSR count). The predicted octanol–water partition coefficient (Wildman–Crippen LogP) is 3.29. The SMILES string of the molecule is CCN1C(=CC=C2SC(=S)N(CC(=O)O)C2=O)Sc2ccccc21. The first kappa shape index (κ1) is 17.1. The zero-order valence-electron chi connectivity index (χ0n) is 12.8. The number of thiocarbonyl (C=S) groups is 1. The third-order valence-corrected chi connectivity index (χ3v) is 6.02. The van der Waals surface area contributed by atoms with Gasteiger partial charge < -0.3 is 10.0 Å². The van der Waals surface area contributed by atoms with Gasteiger partial charge in [-0.25, -0.2) is 0 Å². The number of carboxylic acid groups (broad SMARTS) is 1. The Bertz CT molecular complexity index is 789. The Morgan fingerprint density at radius 2 is 2.00 bits per heavy atom. The summed E-state index contributed by atoms with van der Waals surface area (Å²) in [5.41, 5.74) is 1.16. The van der Waals surface area contributed by atoms with Gasteiger partial charge in [0.15, 0.2) is 0 Å². The Morgan fingerprint density at radius 1 is 1.25 bits per heavy atom. The second-order valence-corrected chi connectivity index (χ2v) is 7.74. The Hall–Kier alpha value is -1.77. The van der Waals surface area contributed by atoms with E-state index in [-0.39, 0.29) is 10.2 Å². The van der Waals surface area contributed by atoms with Crippen molar-refractivity contribution in [3.05, 3.63) is 46.4 Å². The van der Waals surface area contributed by atoms with Crippen LogP contribution in [0.15, 0.2) is 51.2 Å². The van der Waals surface area contributed by atoms with Crippen molar-refractivity contribution < 1.29 is 14.7 Å². The van der Waals surface area contributed by atoms with Crippen LogP contribution < -0.4 is 4.90 Å². The predicted molar refractivity (Wildman–Crippen MR) is 101 cm³/mol. The topological polar surface area (TPSA) is 60.9 Å². The van der Waals surface area contributed by atoms with Crippen LogP contribution in [0, 0.1) is 0 Å². The standard InChI is InChI=1S/C16H14N2O3S3/c1-2-17-10-5-3-4-6-11(10)23-13(17)8-7-12-15(21)18(9-14(19)20)16(22)24-12/h3-8H,2,9H2,1H3,(H,19,20). The number of carbonyl (C=O) groups is 2. The molecule has 0 saturated carbocycles. The molecule has 0 atom stereocenters. The van der Waals surface area contributed by atoms with E-state index in [4.69, 9.17) is 17.3 Å². The van der Waals surface area contributed by atoms with Crippen molar-refractivity contribution in [3.63, 3.8) is 0 Å². The minimum atomic E-state index is -1.08. The van der Waals surface area contributed by atoms with Gasteiger partial charge in [-0.2, -0.15) is 0 Å². The van der Waals surface area contributed by atoms with Crippen LogP contribution in [-0.4, -0.2) is 39.3 Å². The molecule has 1 N–H and O–H groups in total. The Morgan fingerprint density at radius 3 is 2.71 bits per heavy atom. The monoisotopic (exact) mass is 378 g/mol. The molecule has 2 heterocycles. The lowest BCUT2D eigenvalue weighted by Crippen LogP contribution is -2.33. The number of benzene rings is 1. The third kappa shape index (κ3) is 3.22. The van der Waals surface area contributed by atoms with Crippen molar-refractivity contribution in [1.29, 1.82) is 0 Å². The lowest BCUT2D eigenvalue weighted by Gasteiger charge is -2.17. The average Bonchev–Trinajstić information content (AvgIpc) is 3.04. The number of hydrogen-bond donors (Lipinski definition) is 1. The number of thioether (sulfide) groups is 2. The van der Waals surface area contributed by atoms with Crippen LogP contribution >= 0.6 is 35.7 Å². The zero-order valence-corrected chi connectivity index (χ0v) is 15.2. The maximum Gasteiger partial charge on any atom is 0.323 e. The number of aliphatic carboxylic acids is 1. The first-order chi connectivity index (χ1) is 11.5. The molecule has 2 aliphatic heterocycles. The van der Waals surface area contributed by atoms with Crippen molar-refractivity contribution in [2.24, 2.45) is 0 Å². The van der Waals surface area contributed by atoms with Crippen LogP contribution in [0.3, 0.4) is 0 Å². The van der Waals surface area contributed by atoms with Crippen LogP contribution in [0.1, 0.15) is 6.92 Å². The molecule has 124 valence electrons. The van der Waals surface area contributed by atoms with Gasteiger partial charge in [-0.05, 0) is 31.2 Å². The summed E-state index contributed by atoms with van der Waals surface area (Å²) < 4.78 is 0.279. The van der Waals surface area contributed by atoms with Crippen LogP contribution in [-0.2, 0) is 9.59 Å². The summed E-state index contributed by atoms with van der Waals surface area (Å²) in [4.78, 5) is 28.0. The average molecular weight is 379 g/mol. The van der Waals surface area contributed by atoms with E-state index in [0.29, 0.717) is 4.91 Å². The normalized spacial score (nSPS) is 20.4. The first-order valence-electron chi connectivity index (χ1n) is 7.23. The summed E-state index contributed by atoms with van der Waals surface area (Å²) >= 11 is 7.87. The van der Waals surface area contributed by atoms with E-state index >= 15 is 0 Å². The number of allylic oxidation sites excluding steroid dienone is 2. The molecule has 0 radical (unpaired) electrons. The maximum atomic E-state index is 12.3. The Labute approximate surface area is 153 Å². The summed E-state index contributed by atoms with van der Waals surface area (Å²) in [6, 6.07) is 8.14. The summed E-state index contributed by atoms with van der Waals surface area (Å²) in [5.74, 6) is -1.43. The summed E-state index contributed by atoms with van der Waals surface area (Å²) in [6.07, 6.45) is 3.61. The number of hydrogen-bond acceptors (Lipinski definition) is 6. The van der Waals surface area contributed by atoms with Crippen LogP contribution in [0.4, 0.5) is 5.69 Å². The van der Waals surface area contributed by atoms with Gasteiger partial charge in [0, 0.05) is 11.4 Å². The highest BCUT2D eigenvalue weighted by molar-refractivity contribution is 8.26. The van der Waals surface area contributed by atoms with Gasteiger partial charge in [0.2, 0.25) is 0 Å². The lowest BCUT2D eigenvalue weighted by atomic mass is 10.3. The molecule has 1 aromatic carbocycles. The van der Waals surface area contributed by atoms with Gasteiger partial charge in [0.05, 0.1) is 15.6 Å². The lowest BCUT2D eigenvalue weighted by molar-refractivity contribution is -0.140. The second-order valence-electron chi connectivity index (χ2n) is 5.00. The molecule has 8 heteroatoms. The molecular weight excluding hydrogens is 364 g/mol. The van der Waals surface area contributed by atoms with Crippen LogP contribution in [0.2, 0.25) is 0 Å². The van der Waals surface area contributed by atoms with Gasteiger partial charge in [0.1, 0.15) is 10.9 Å². The van der Waals surface area contributed by atoms with Crippen molar-refractivity contribution in [3.8, 4) is 0 Å². The molecule has 1 fully saturated rings. The molecular formula is C16H14N2O3S3. The minimum Gasteiger partial charge on any atom is -0.480 e. The highest BCUT2D eigenvalue weighted by Gasteiger charge is 2.33. The van der Waals surface area contributed by atoms with Gasteiger partial charge >= 0.3 is 5.97 Å². The maximum absolute atomic E-state index is 12.3. The van der Waals surface area contributed by atoms with Crippen LogP contribution in [0.5, 0.6) is 0 Å².